The van der Waals surface area contributed by atoms with Crippen molar-refractivity contribution in [3.63, 3.8) is 0 Å². The van der Waals surface area contributed by atoms with Crippen molar-refractivity contribution in [3.05, 3.63) is 35.4 Å². The van der Waals surface area contributed by atoms with E-state index in [0.717, 1.165) is 0 Å². The Hall–Kier alpha value is -1.35. The first-order chi connectivity index (χ1) is 8.75. The van der Waals surface area contributed by atoms with E-state index in [1.807, 2.05) is 38.1 Å². The summed E-state index contributed by atoms with van der Waals surface area (Å²) < 4.78 is 0. The van der Waals surface area contributed by atoms with Gasteiger partial charge in [0.05, 0.1) is 0 Å². The summed E-state index contributed by atoms with van der Waals surface area (Å²) in [6.07, 6.45) is 0. The maximum Gasteiger partial charge on any atom is 0.251 e. The lowest BCUT2D eigenvalue weighted by atomic mass is 9.86. The van der Waals surface area contributed by atoms with Crippen molar-refractivity contribution in [3.8, 4) is 0 Å². The smallest absolute Gasteiger partial charge is 0.251 e. The average Bonchev–Trinajstić information content (AvgIpc) is 2.36. The molecular formula is C16H25NO2. The highest BCUT2D eigenvalue weighted by atomic mass is 16.3. The fourth-order valence-corrected chi connectivity index (χ4v) is 1.71. The number of nitrogens with one attached hydrogen (secondary N) is 1. The number of rotatable bonds is 4. The van der Waals surface area contributed by atoms with Crippen LogP contribution in [0.5, 0.6) is 0 Å². The fourth-order valence-electron chi connectivity index (χ4n) is 1.71. The van der Waals surface area contributed by atoms with Crippen molar-refractivity contribution in [1.29, 1.82) is 0 Å². The topological polar surface area (TPSA) is 49.3 Å². The lowest BCUT2D eigenvalue weighted by Gasteiger charge is -2.21. The second-order valence-corrected chi connectivity index (χ2v) is 6.25. The van der Waals surface area contributed by atoms with Gasteiger partial charge in [0.25, 0.3) is 5.91 Å². The van der Waals surface area contributed by atoms with E-state index in [-0.39, 0.29) is 29.9 Å². The van der Waals surface area contributed by atoms with Crippen LogP contribution in [0.2, 0.25) is 0 Å². The standard InChI is InChI=1S/C16H25NO2/c1-11(10-18)12(2)17-15(19)13-6-8-14(9-7-13)16(3,4)5/h6-9,11-12,18H,10H2,1-5H3,(H,17,19). The van der Waals surface area contributed by atoms with E-state index in [1.165, 1.54) is 5.56 Å². The molecule has 1 aromatic carbocycles. The minimum Gasteiger partial charge on any atom is -0.396 e. The lowest BCUT2D eigenvalue weighted by Crippen LogP contribution is -2.38. The first-order valence-corrected chi connectivity index (χ1v) is 6.78. The molecule has 2 atom stereocenters. The van der Waals surface area contributed by atoms with Gasteiger partial charge in [-0.2, -0.15) is 0 Å². The average molecular weight is 263 g/mol. The van der Waals surface area contributed by atoms with E-state index in [4.69, 9.17) is 5.11 Å². The number of hydrogen-bond acceptors (Lipinski definition) is 2. The van der Waals surface area contributed by atoms with Crippen LogP contribution in [0.1, 0.15) is 50.5 Å². The summed E-state index contributed by atoms with van der Waals surface area (Å²) in [7, 11) is 0. The molecule has 19 heavy (non-hydrogen) atoms. The van der Waals surface area contributed by atoms with Gasteiger partial charge in [0, 0.05) is 18.2 Å². The monoisotopic (exact) mass is 263 g/mol. The van der Waals surface area contributed by atoms with Gasteiger partial charge in [-0.3, -0.25) is 4.79 Å². The highest BCUT2D eigenvalue weighted by Gasteiger charge is 2.17. The molecule has 0 aliphatic carbocycles. The Balaban J connectivity index is 2.74. The number of carbonyl (C=O) groups is 1. The normalized spacial score (nSPS) is 14.8. The Kier molecular flexibility index (Phi) is 5.12. The molecule has 1 aromatic rings. The number of carbonyl (C=O) groups excluding carboxylic acids is 1. The first kappa shape index (κ1) is 15.7. The quantitative estimate of drug-likeness (QED) is 0.877. The van der Waals surface area contributed by atoms with Crippen LogP contribution in [0.3, 0.4) is 0 Å². The largest absolute Gasteiger partial charge is 0.396 e. The summed E-state index contributed by atoms with van der Waals surface area (Å²) in [6, 6.07) is 7.66. The molecule has 0 radical (unpaired) electrons. The van der Waals surface area contributed by atoms with Crippen molar-refractivity contribution in [2.24, 2.45) is 5.92 Å². The van der Waals surface area contributed by atoms with Crippen molar-refractivity contribution in [1.82, 2.24) is 5.32 Å². The highest BCUT2D eigenvalue weighted by molar-refractivity contribution is 5.94. The summed E-state index contributed by atoms with van der Waals surface area (Å²) in [6.45, 7) is 10.3. The molecule has 0 aliphatic rings. The number of benzene rings is 1. The molecule has 0 fully saturated rings. The van der Waals surface area contributed by atoms with Crippen LogP contribution in [0.4, 0.5) is 0 Å². The zero-order valence-electron chi connectivity index (χ0n) is 12.5. The molecule has 0 saturated heterocycles. The van der Waals surface area contributed by atoms with Gasteiger partial charge in [-0.1, -0.05) is 39.8 Å². The summed E-state index contributed by atoms with van der Waals surface area (Å²) in [5.41, 5.74) is 1.96. The van der Waals surface area contributed by atoms with Crippen LogP contribution in [-0.4, -0.2) is 23.7 Å². The first-order valence-electron chi connectivity index (χ1n) is 6.78. The third-order valence-electron chi connectivity index (χ3n) is 3.51. The van der Waals surface area contributed by atoms with Gasteiger partial charge >= 0.3 is 0 Å². The Labute approximate surface area is 116 Å². The van der Waals surface area contributed by atoms with Gasteiger partial charge in [-0.25, -0.2) is 0 Å². The van der Waals surface area contributed by atoms with Gasteiger partial charge in [-0.05, 0) is 36.0 Å². The SMILES string of the molecule is CC(CO)C(C)NC(=O)c1ccc(C(C)(C)C)cc1. The third-order valence-corrected chi connectivity index (χ3v) is 3.51. The molecule has 2 unspecified atom stereocenters. The van der Waals surface area contributed by atoms with Gasteiger partial charge in [0.1, 0.15) is 0 Å². The molecule has 3 heteroatoms. The molecule has 1 amide bonds. The summed E-state index contributed by atoms with van der Waals surface area (Å²) in [4.78, 5) is 12.0. The highest BCUT2D eigenvalue weighted by Crippen LogP contribution is 2.22. The zero-order valence-corrected chi connectivity index (χ0v) is 12.5. The Morgan fingerprint density at radius 3 is 2.16 bits per heavy atom. The van der Waals surface area contributed by atoms with Crippen molar-refractivity contribution < 1.29 is 9.90 Å². The second kappa shape index (κ2) is 6.20. The Morgan fingerprint density at radius 1 is 1.21 bits per heavy atom. The number of aliphatic hydroxyl groups is 1. The van der Waals surface area contributed by atoms with Gasteiger partial charge in [0.15, 0.2) is 0 Å². The van der Waals surface area contributed by atoms with Crippen LogP contribution in [-0.2, 0) is 5.41 Å². The van der Waals surface area contributed by atoms with Crippen molar-refractivity contribution >= 4 is 5.91 Å². The molecule has 2 N–H and O–H groups in total. The van der Waals surface area contributed by atoms with Crippen LogP contribution in [0, 0.1) is 5.92 Å². The van der Waals surface area contributed by atoms with Crippen molar-refractivity contribution in [2.75, 3.05) is 6.61 Å². The summed E-state index contributed by atoms with van der Waals surface area (Å²) in [5, 5.41) is 12.0. The molecule has 0 spiro atoms. The summed E-state index contributed by atoms with van der Waals surface area (Å²) >= 11 is 0. The number of amides is 1. The molecule has 0 saturated carbocycles. The second-order valence-electron chi connectivity index (χ2n) is 6.25. The predicted molar refractivity (Wildman–Crippen MR) is 78.3 cm³/mol. The minimum atomic E-state index is -0.0896. The van der Waals surface area contributed by atoms with E-state index >= 15 is 0 Å². The lowest BCUT2D eigenvalue weighted by molar-refractivity contribution is 0.0916. The van der Waals surface area contributed by atoms with E-state index in [9.17, 15) is 4.79 Å². The van der Waals surface area contributed by atoms with Gasteiger partial charge < -0.3 is 10.4 Å². The molecule has 0 bridgehead atoms. The zero-order chi connectivity index (χ0) is 14.6. The van der Waals surface area contributed by atoms with Crippen LogP contribution < -0.4 is 5.32 Å². The molecule has 1 rings (SSSR count). The van der Waals surface area contributed by atoms with E-state index < -0.39 is 0 Å². The summed E-state index contributed by atoms with van der Waals surface area (Å²) in [5.74, 6) is -0.0361. The Bertz CT molecular complexity index is 417. The molecule has 0 aliphatic heterocycles. The van der Waals surface area contributed by atoms with Crippen LogP contribution in [0.15, 0.2) is 24.3 Å². The minimum absolute atomic E-state index is 0.0419. The molecule has 0 heterocycles. The van der Waals surface area contributed by atoms with E-state index in [1.54, 1.807) is 0 Å². The number of aliphatic hydroxyl groups excluding tert-OH is 1. The van der Waals surface area contributed by atoms with Gasteiger partial charge in [-0.15, -0.1) is 0 Å². The van der Waals surface area contributed by atoms with Crippen molar-refractivity contribution in [2.45, 2.75) is 46.1 Å². The maximum atomic E-state index is 12.0. The molecule has 0 aromatic heterocycles. The third kappa shape index (κ3) is 4.35. The fraction of sp³-hybridized carbons (Fsp3) is 0.562. The van der Waals surface area contributed by atoms with Crippen LogP contribution >= 0.6 is 0 Å². The van der Waals surface area contributed by atoms with E-state index in [2.05, 4.69) is 26.1 Å². The van der Waals surface area contributed by atoms with Crippen LogP contribution in [0.25, 0.3) is 0 Å². The molecule has 106 valence electrons. The van der Waals surface area contributed by atoms with E-state index in [0.29, 0.717) is 5.56 Å². The predicted octanol–water partition coefficient (Wildman–Crippen LogP) is 2.73. The molecular weight excluding hydrogens is 238 g/mol. The number of hydrogen-bond donors (Lipinski definition) is 2. The maximum absolute atomic E-state index is 12.0. The Morgan fingerprint density at radius 2 is 1.74 bits per heavy atom. The molecule has 3 nitrogen and oxygen atoms in total. The van der Waals surface area contributed by atoms with Gasteiger partial charge in [0.2, 0.25) is 0 Å².